The molecule has 4 heteroatoms. The Morgan fingerprint density at radius 1 is 1.35 bits per heavy atom. The number of carboxylic acid groups (broad SMARTS) is 1. The molecule has 1 aromatic carbocycles. The fourth-order valence-corrected chi connectivity index (χ4v) is 2.13. The first-order chi connectivity index (χ1) is 9.54. The number of hydrogen-bond acceptors (Lipinski definition) is 2. The molecule has 0 saturated heterocycles. The SMILES string of the molecule is CC(CC1CC1)NC(=O)c1ccc(C=CC(=O)O)cc1. The van der Waals surface area contributed by atoms with Gasteiger partial charge in [-0.3, -0.25) is 4.79 Å². The van der Waals surface area contributed by atoms with Crippen LogP contribution in [0, 0.1) is 5.92 Å². The van der Waals surface area contributed by atoms with Crippen LogP contribution in [0.15, 0.2) is 30.3 Å². The highest BCUT2D eigenvalue weighted by Crippen LogP contribution is 2.33. The van der Waals surface area contributed by atoms with Gasteiger partial charge in [0, 0.05) is 17.7 Å². The van der Waals surface area contributed by atoms with E-state index in [2.05, 4.69) is 5.32 Å². The zero-order valence-corrected chi connectivity index (χ0v) is 11.5. The van der Waals surface area contributed by atoms with Crippen molar-refractivity contribution < 1.29 is 14.7 Å². The van der Waals surface area contributed by atoms with Crippen LogP contribution in [0.5, 0.6) is 0 Å². The molecule has 1 unspecified atom stereocenters. The summed E-state index contributed by atoms with van der Waals surface area (Å²) in [6.45, 7) is 2.03. The fraction of sp³-hybridized carbons (Fsp3) is 0.375. The quantitative estimate of drug-likeness (QED) is 0.783. The molecule has 0 spiro atoms. The van der Waals surface area contributed by atoms with E-state index in [1.165, 1.54) is 18.9 Å². The zero-order chi connectivity index (χ0) is 14.5. The molecule has 20 heavy (non-hydrogen) atoms. The average molecular weight is 273 g/mol. The number of carbonyl (C=O) groups excluding carboxylic acids is 1. The van der Waals surface area contributed by atoms with E-state index in [0.717, 1.165) is 24.0 Å². The number of hydrogen-bond donors (Lipinski definition) is 2. The van der Waals surface area contributed by atoms with Crippen molar-refractivity contribution in [1.29, 1.82) is 0 Å². The van der Waals surface area contributed by atoms with E-state index in [1.807, 2.05) is 6.92 Å². The van der Waals surface area contributed by atoms with Crippen molar-refractivity contribution >= 4 is 18.0 Å². The highest BCUT2D eigenvalue weighted by atomic mass is 16.4. The predicted molar refractivity (Wildman–Crippen MR) is 77.4 cm³/mol. The van der Waals surface area contributed by atoms with Crippen LogP contribution in [0.3, 0.4) is 0 Å². The summed E-state index contributed by atoms with van der Waals surface area (Å²) < 4.78 is 0. The normalized spacial score (nSPS) is 16.1. The molecule has 1 aromatic rings. The lowest BCUT2D eigenvalue weighted by Gasteiger charge is -2.13. The Balaban J connectivity index is 1.90. The number of benzene rings is 1. The lowest BCUT2D eigenvalue weighted by Crippen LogP contribution is -2.32. The van der Waals surface area contributed by atoms with Gasteiger partial charge in [-0.15, -0.1) is 0 Å². The van der Waals surface area contributed by atoms with Gasteiger partial charge in [0.05, 0.1) is 0 Å². The first kappa shape index (κ1) is 14.3. The van der Waals surface area contributed by atoms with Crippen molar-refractivity contribution in [3.8, 4) is 0 Å². The van der Waals surface area contributed by atoms with Crippen LogP contribution in [0.25, 0.3) is 6.08 Å². The van der Waals surface area contributed by atoms with Crippen LogP contribution >= 0.6 is 0 Å². The van der Waals surface area contributed by atoms with Gasteiger partial charge in [0.2, 0.25) is 0 Å². The Bertz CT molecular complexity index is 515. The summed E-state index contributed by atoms with van der Waals surface area (Å²) in [5, 5.41) is 11.5. The molecule has 1 atom stereocenters. The Morgan fingerprint density at radius 3 is 2.55 bits per heavy atom. The van der Waals surface area contributed by atoms with E-state index in [0.29, 0.717) is 5.56 Å². The summed E-state index contributed by atoms with van der Waals surface area (Å²) in [6, 6.07) is 7.09. The minimum absolute atomic E-state index is 0.0769. The van der Waals surface area contributed by atoms with Crippen molar-refractivity contribution in [1.82, 2.24) is 5.32 Å². The number of amides is 1. The predicted octanol–water partition coefficient (Wildman–Crippen LogP) is 2.70. The van der Waals surface area contributed by atoms with Crippen LogP contribution in [0.2, 0.25) is 0 Å². The van der Waals surface area contributed by atoms with Crippen LogP contribution in [-0.2, 0) is 4.79 Å². The van der Waals surface area contributed by atoms with Gasteiger partial charge in [0.25, 0.3) is 5.91 Å². The van der Waals surface area contributed by atoms with E-state index < -0.39 is 5.97 Å². The Hall–Kier alpha value is -2.10. The van der Waals surface area contributed by atoms with Crippen molar-refractivity contribution in [2.24, 2.45) is 5.92 Å². The Kier molecular flexibility index (Phi) is 4.56. The lowest BCUT2D eigenvalue weighted by molar-refractivity contribution is -0.131. The molecule has 1 aliphatic carbocycles. The molecule has 0 radical (unpaired) electrons. The number of rotatable bonds is 6. The Labute approximate surface area is 118 Å². The second-order valence-electron chi connectivity index (χ2n) is 5.35. The summed E-state index contributed by atoms with van der Waals surface area (Å²) in [5.41, 5.74) is 1.36. The first-order valence-corrected chi connectivity index (χ1v) is 6.86. The molecule has 2 N–H and O–H groups in total. The van der Waals surface area contributed by atoms with Gasteiger partial charge in [-0.05, 0) is 43.0 Å². The standard InChI is InChI=1S/C16H19NO3/c1-11(10-13-2-3-13)17-16(20)14-7-4-12(5-8-14)6-9-15(18)19/h4-9,11,13H,2-3,10H2,1H3,(H,17,20)(H,18,19). The highest BCUT2D eigenvalue weighted by molar-refractivity contribution is 5.94. The lowest BCUT2D eigenvalue weighted by atomic mass is 10.1. The third-order valence-corrected chi connectivity index (χ3v) is 3.35. The van der Waals surface area contributed by atoms with Crippen LogP contribution in [0.4, 0.5) is 0 Å². The largest absolute Gasteiger partial charge is 0.478 e. The van der Waals surface area contributed by atoms with E-state index in [9.17, 15) is 9.59 Å². The van der Waals surface area contributed by atoms with Crippen LogP contribution < -0.4 is 5.32 Å². The molecule has 0 heterocycles. The molecule has 4 nitrogen and oxygen atoms in total. The maximum atomic E-state index is 12.0. The van der Waals surface area contributed by atoms with E-state index >= 15 is 0 Å². The van der Waals surface area contributed by atoms with Crippen LogP contribution in [-0.4, -0.2) is 23.0 Å². The maximum Gasteiger partial charge on any atom is 0.328 e. The van der Waals surface area contributed by atoms with Crippen LogP contribution in [0.1, 0.15) is 42.1 Å². The second kappa shape index (κ2) is 6.37. The first-order valence-electron chi connectivity index (χ1n) is 6.86. The summed E-state index contributed by atoms with van der Waals surface area (Å²) >= 11 is 0. The van der Waals surface area contributed by atoms with Crippen molar-refractivity contribution in [2.75, 3.05) is 0 Å². The highest BCUT2D eigenvalue weighted by Gasteiger charge is 2.24. The van der Waals surface area contributed by atoms with E-state index in [1.54, 1.807) is 24.3 Å². The summed E-state index contributed by atoms with van der Waals surface area (Å²) in [5.74, 6) is -0.276. The molecule has 0 aromatic heterocycles. The van der Waals surface area contributed by atoms with Gasteiger partial charge in [-0.2, -0.15) is 0 Å². The summed E-state index contributed by atoms with van der Waals surface area (Å²) in [4.78, 5) is 22.4. The molecular weight excluding hydrogens is 254 g/mol. The van der Waals surface area contributed by atoms with Gasteiger partial charge in [0.15, 0.2) is 0 Å². The fourth-order valence-electron chi connectivity index (χ4n) is 2.13. The third kappa shape index (κ3) is 4.53. The van der Waals surface area contributed by atoms with Gasteiger partial charge in [-0.1, -0.05) is 25.0 Å². The molecule has 106 valence electrons. The van der Waals surface area contributed by atoms with Crippen molar-refractivity contribution in [3.63, 3.8) is 0 Å². The van der Waals surface area contributed by atoms with E-state index in [4.69, 9.17) is 5.11 Å². The molecule has 2 rings (SSSR count). The number of carboxylic acids is 1. The number of nitrogens with one attached hydrogen (secondary N) is 1. The summed E-state index contributed by atoms with van der Waals surface area (Å²) in [6.07, 6.45) is 6.19. The molecular formula is C16H19NO3. The monoisotopic (exact) mass is 273 g/mol. The molecule has 0 aliphatic heterocycles. The summed E-state index contributed by atoms with van der Waals surface area (Å²) in [7, 11) is 0. The Morgan fingerprint density at radius 2 is 2.00 bits per heavy atom. The molecule has 1 fully saturated rings. The number of aliphatic carboxylic acids is 1. The smallest absolute Gasteiger partial charge is 0.328 e. The third-order valence-electron chi connectivity index (χ3n) is 3.35. The molecule has 1 saturated carbocycles. The average Bonchev–Trinajstić information content (AvgIpc) is 3.20. The molecule has 1 aliphatic rings. The minimum Gasteiger partial charge on any atom is -0.478 e. The molecule has 1 amide bonds. The van der Waals surface area contributed by atoms with E-state index in [-0.39, 0.29) is 11.9 Å². The van der Waals surface area contributed by atoms with Gasteiger partial charge >= 0.3 is 5.97 Å². The molecule has 0 bridgehead atoms. The number of carbonyl (C=O) groups is 2. The maximum absolute atomic E-state index is 12.0. The zero-order valence-electron chi connectivity index (χ0n) is 11.5. The van der Waals surface area contributed by atoms with Gasteiger partial charge < -0.3 is 10.4 Å². The van der Waals surface area contributed by atoms with Gasteiger partial charge in [0.1, 0.15) is 0 Å². The van der Waals surface area contributed by atoms with Gasteiger partial charge in [-0.25, -0.2) is 4.79 Å². The van der Waals surface area contributed by atoms with Crippen molar-refractivity contribution in [2.45, 2.75) is 32.2 Å². The minimum atomic E-state index is -0.985. The van der Waals surface area contributed by atoms with Crippen molar-refractivity contribution in [3.05, 3.63) is 41.5 Å². The topological polar surface area (TPSA) is 66.4 Å². The second-order valence-corrected chi connectivity index (χ2v) is 5.35.